The summed E-state index contributed by atoms with van der Waals surface area (Å²) < 4.78 is 7.58. The maximum Gasteiger partial charge on any atom is 0.271 e. The van der Waals surface area contributed by atoms with E-state index in [-0.39, 0.29) is 17.3 Å². The molecule has 0 aliphatic carbocycles. The van der Waals surface area contributed by atoms with Gasteiger partial charge in [-0.15, -0.1) is 10.2 Å². The monoisotopic (exact) mass is 481 g/mol. The number of hydrogen-bond donors (Lipinski definition) is 1. The number of thioether (sulfide) groups is 1. The molecule has 0 saturated heterocycles. The summed E-state index contributed by atoms with van der Waals surface area (Å²) in [5.74, 6) is 0.736. The van der Waals surface area contributed by atoms with Crippen molar-refractivity contribution in [2.45, 2.75) is 18.2 Å². The molecule has 9 nitrogen and oxygen atoms in total. The summed E-state index contributed by atoms with van der Waals surface area (Å²) in [6.07, 6.45) is -0.454. The van der Waals surface area contributed by atoms with Crippen LogP contribution in [0, 0.1) is 10.1 Å². The standard InChI is InChI=1S/C19H17Cl2N5O4S/c1-11(30-16-7-6-12(20)8-15(16)21)18-23-24-19(25(18)2)31-10-17(27)22-13-4-3-5-14(9-13)26(28)29/h3-9,11H,10H2,1-2H3,(H,22,27). The highest BCUT2D eigenvalue weighted by Gasteiger charge is 2.19. The molecule has 0 spiro atoms. The lowest BCUT2D eigenvalue weighted by molar-refractivity contribution is -0.384. The lowest BCUT2D eigenvalue weighted by Gasteiger charge is -2.15. The van der Waals surface area contributed by atoms with Crippen molar-refractivity contribution in [3.63, 3.8) is 0 Å². The van der Waals surface area contributed by atoms with Crippen LogP contribution in [0.4, 0.5) is 11.4 Å². The summed E-state index contributed by atoms with van der Waals surface area (Å²) in [4.78, 5) is 22.5. The number of halogens is 2. The fraction of sp³-hybridized carbons (Fsp3) is 0.211. The summed E-state index contributed by atoms with van der Waals surface area (Å²) in [6.45, 7) is 1.80. The van der Waals surface area contributed by atoms with E-state index in [9.17, 15) is 14.9 Å². The van der Waals surface area contributed by atoms with Crippen LogP contribution in [-0.2, 0) is 11.8 Å². The topological polar surface area (TPSA) is 112 Å². The van der Waals surface area contributed by atoms with E-state index in [1.165, 1.54) is 30.0 Å². The molecular formula is C19H17Cl2N5O4S. The van der Waals surface area contributed by atoms with Gasteiger partial charge < -0.3 is 14.6 Å². The summed E-state index contributed by atoms with van der Waals surface area (Å²) in [7, 11) is 1.76. The number of nitrogens with one attached hydrogen (secondary N) is 1. The van der Waals surface area contributed by atoms with Crippen LogP contribution in [0.2, 0.25) is 10.0 Å². The van der Waals surface area contributed by atoms with Crippen LogP contribution in [0.15, 0.2) is 47.6 Å². The predicted molar refractivity (Wildman–Crippen MR) is 119 cm³/mol. The number of nitro groups is 1. The molecule has 0 radical (unpaired) electrons. The van der Waals surface area contributed by atoms with E-state index in [0.29, 0.717) is 32.5 Å². The highest BCUT2D eigenvalue weighted by atomic mass is 35.5. The average molecular weight is 482 g/mol. The molecule has 3 rings (SSSR count). The first-order valence-corrected chi connectivity index (χ1v) is 10.7. The third-order valence-electron chi connectivity index (χ3n) is 4.10. The van der Waals surface area contributed by atoms with E-state index in [4.69, 9.17) is 27.9 Å². The average Bonchev–Trinajstić information content (AvgIpc) is 3.09. The number of carbonyl (C=O) groups is 1. The summed E-state index contributed by atoms with van der Waals surface area (Å²) in [6, 6.07) is 10.7. The zero-order chi connectivity index (χ0) is 22.5. The Bertz CT molecular complexity index is 1120. The van der Waals surface area contributed by atoms with Crippen molar-refractivity contribution < 1.29 is 14.5 Å². The molecular weight excluding hydrogens is 465 g/mol. The van der Waals surface area contributed by atoms with E-state index in [0.717, 1.165) is 0 Å². The molecule has 0 saturated carbocycles. The number of non-ortho nitro benzene ring substituents is 1. The van der Waals surface area contributed by atoms with Crippen molar-refractivity contribution in [1.29, 1.82) is 0 Å². The van der Waals surface area contributed by atoms with Gasteiger partial charge in [-0.3, -0.25) is 14.9 Å². The van der Waals surface area contributed by atoms with Gasteiger partial charge in [-0.2, -0.15) is 0 Å². The number of ether oxygens (including phenoxy) is 1. The van der Waals surface area contributed by atoms with Gasteiger partial charge in [0.15, 0.2) is 17.1 Å². The predicted octanol–water partition coefficient (Wildman–Crippen LogP) is 4.90. The number of hydrogen-bond acceptors (Lipinski definition) is 7. The SMILES string of the molecule is CC(Oc1ccc(Cl)cc1Cl)c1nnc(SCC(=O)Nc2cccc([N+](=O)[O-])c2)n1C. The molecule has 1 heterocycles. The largest absolute Gasteiger partial charge is 0.481 e. The molecule has 1 unspecified atom stereocenters. The molecule has 0 fully saturated rings. The van der Waals surface area contributed by atoms with Crippen molar-refractivity contribution in [3.8, 4) is 5.75 Å². The first-order valence-electron chi connectivity index (χ1n) is 8.92. The normalized spacial score (nSPS) is 11.7. The Balaban J connectivity index is 1.60. The molecule has 1 amide bonds. The molecule has 1 aromatic heterocycles. The van der Waals surface area contributed by atoms with Gasteiger partial charge in [0.05, 0.1) is 15.7 Å². The van der Waals surface area contributed by atoms with E-state index in [2.05, 4.69) is 15.5 Å². The quantitative estimate of drug-likeness (QED) is 0.276. The van der Waals surface area contributed by atoms with Crippen LogP contribution in [0.5, 0.6) is 5.75 Å². The summed E-state index contributed by atoms with van der Waals surface area (Å²) >= 11 is 13.2. The molecule has 0 bridgehead atoms. The lowest BCUT2D eigenvalue weighted by atomic mass is 10.3. The van der Waals surface area contributed by atoms with Crippen molar-refractivity contribution in [3.05, 3.63) is 68.4 Å². The van der Waals surface area contributed by atoms with Gasteiger partial charge in [-0.25, -0.2) is 0 Å². The maximum absolute atomic E-state index is 12.2. The Hall–Kier alpha value is -2.82. The van der Waals surface area contributed by atoms with E-state index in [1.54, 1.807) is 42.8 Å². The Morgan fingerprint density at radius 2 is 2.06 bits per heavy atom. The van der Waals surface area contributed by atoms with Crippen LogP contribution in [0.1, 0.15) is 18.9 Å². The number of nitrogens with zero attached hydrogens (tertiary/aromatic N) is 4. The first kappa shape index (κ1) is 22.9. The number of carbonyl (C=O) groups excluding carboxylic acids is 1. The van der Waals surface area contributed by atoms with Crippen LogP contribution >= 0.6 is 35.0 Å². The smallest absolute Gasteiger partial charge is 0.271 e. The van der Waals surface area contributed by atoms with Gasteiger partial charge in [0, 0.05) is 29.9 Å². The Morgan fingerprint density at radius 3 is 2.77 bits per heavy atom. The molecule has 0 aliphatic rings. The van der Waals surface area contributed by atoms with Gasteiger partial charge in [-0.1, -0.05) is 41.0 Å². The molecule has 0 aliphatic heterocycles. The Kier molecular flexibility index (Phi) is 7.37. The minimum atomic E-state index is -0.522. The molecule has 1 N–H and O–H groups in total. The van der Waals surface area contributed by atoms with Gasteiger partial charge in [0.25, 0.3) is 5.69 Å². The van der Waals surface area contributed by atoms with E-state index < -0.39 is 11.0 Å². The van der Waals surface area contributed by atoms with Crippen LogP contribution in [0.25, 0.3) is 0 Å². The number of aromatic nitrogens is 3. The highest BCUT2D eigenvalue weighted by molar-refractivity contribution is 7.99. The third kappa shape index (κ3) is 5.87. The molecule has 3 aromatic rings. The van der Waals surface area contributed by atoms with Gasteiger partial charge in [0.2, 0.25) is 5.91 Å². The Labute approximate surface area is 191 Å². The van der Waals surface area contributed by atoms with Crippen molar-refractivity contribution in [2.75, 3.05) is 11.1 Å². The fourth-order valence-electron chi connectivity index (χ4n) is 2.64. The number of amides is 1. The number of anilines is 1. The van der Waals surface area contributed by atoms with Crippen LogP contribution in [0.3, 0.4) is 0 Å². The third-order valence-corrected chi connectivity index (χ3v) is 5.65. The summed E-state index contributed by atoms with van der Waals surface area (Å²) in [5, 5.41) is 23.1. The number of nitro benzene ring substituents is 1. The lowest BCUT2D eigenvalue weighted by Crippen LogP contribution is -2.15. The fourth-order valence-corrected chi connectivity index (χ4v) is 3.82. The second kappa shape index (κ2) is 9.99. The van der Waals surface area contributed by atoms with Crippen LogP contribution < -0.4 is 10.1 Å². The van der Waals surface area contributed by atoms with Gasteiger partial charge in [-0.05, 0) is 31.2 Å². The van der Waals surface area contributed by atoms with E-state index in [1.807, 2.05) is 0 Å². The molecule has 162 valence electrons. The molecule has 2 aromatic carbocycles. The van der Waals surface area contributed by atoms with Gasteiger partial charge >= 0.3 is 0 Å². The summed E-state index contributed by atoms with van der Waals surface area (Å²) in [5.41, 5.74) is 0.249. The van der Waals surface area contributed by atoms with Crippen molar-refractivity contribution in [2.24, 2.45) is 7.05 Å². The Morgan fingerprint density at radius 1 is 1.29 bits per heavy atom. The van der Waals surface area contributed by atoms with Gasteiger partial charge in [0.1, 0.15) is 5.75 Å². The van der Waals surface area contributed by atoms with Crippen molar-refractivity contribution >= 4 is 52.2 Å². The van der Waals surface area contributed by atoms with Crippen molar-refractivity contribution in [1.82, 2.24) is 14.8 Å². The molecule has 31 heavy (non-hydrogen) atoms. The first-order chi connectivity index (χ1) is 14.7. The zero-order valence-corrected chi connectivity index (χ0v) is 18.7. The minimum Gasteiger partial charge on any atom is -0.481 e. The second-order valence-corrected chi connectivity index (χ2v) is 8.17. The number of benzene rings is 2. The number of rotatable bonds is 8. The second-order valence-electron chi connectivity index (χ2n) is 6.38. The molecule has 1 atom stereocenters. The minimum absolute atomic E-state index is 0.0485. The van der Waals surface area contributed by atoms with E-state index >= 15 is 0 Å². The molecule has 12 heteroatoms. The highest BCUT2D eigenvalue weighted by Crippen LogP contribution is 2.31. The maximum atomic E-state index is 12.2. The zero-order valence-electron chi connectivity index (χ0n) is 16.4. The van der Waals surface area contributed by atoms with Crippen LogP contribution in [-0.4, -0.2) is 31.3 Å².